The highest BCUT2D eigenvalue weighted by Crippen LogP contribution is 2.54. The van der Waals surface area contributed by atoms with Crippen molar-refractivity contribution in [2.45, 2.75) is 19.3 Å². The van der Waals surface area contributed by atoms with Crippen molar-refractivity contribution in [3.8, 4) is 44.5 Å². The second-order valence-corrected chi connectivity index (χ2v) is 15.9. The Bertz CT molecular complexity index is 3040. The molecular formula is C51H34S. The van der Waals surface area contributed by atoms with E-state index in [9.17, 15) is 0 Å². The molecule has 0 spiro atoms. The van der Waals surface area contributed by atoms with E-state index in [2.05, 4.69) is 184 Å². The monoisotopic (exact) mass is 678 g/mol. The average Bonchev–Trinajstić information content (AvgIpc) is 3.68. The van der Waals surface area contributed by atoms with Gasteiger partial charge in [-0.15, -0.1) is 11.3 Å². The molecule has 9 aromatic carbocycles. The van der Waals surface area contributed by atoms with Crippen LogP contribution in [0, 0.1) is 0 Å². The molecule has 0 radical (unpaired) electrons. The molecule has 0 N–H and O–H groups in total. The molecule has 244 valence electrons. The van der Waals surface area contributed by atoms with E-state index in [-0.39, 0.29) is 5.41 Å². The zero-order valence-corrected chi connectivity index (χ0v) is 29.9. The van der Waals surface area contributed by atoms with Gasteiger partial charge < -0.3 is 0 Å². The number of rotatable bonds is 3. The summed E-state index contributed by atoms with van der Waals surface area (Å²) in [5, 5.41) is 10.4. The van der Waals surface area contributed by atoms with Crippen LogP contribution in [-0.4, -0.2) is 0 Å². The molecule has 1 aromatic heterocycles. The molecule has 10 aromatic rings. The molecule has 0 atom stereocenters. The van der Waals surface area contributed by atoms with Crippen LogP contribution >= 0.6 is 11.3 Å². The van der Waals surface area contributed by atoms with Crippen molar-refractivity contribution in [3.05, 3.63) is 181 Å². The summed E-state index contributed by atoms with van der Waals surface area (Å²) in [6.45, 7) is 4.80. The number of hydrogen-bond acceptors (Lipinski definition) is 1. The van der Waals surface area contributed by atoms with E-state index in [1.165, 1.54) is 108 Å². The molecule has 0 amide bonds. The van der Waals surface area contributed by atoms with Gasteiger partial charge in [0.1, 0.15) is 0 Å². The summed E-state index contributed by atoms with van der Waals surface area (Å²) in [6, 6.07) is 63.5. The lowest BCUT2D eigenvalue weighted by molar-refractivity contribution is 0.663. The Hall–Kier alpha value is -6.02. The third-order valence-electron chi connectivity index (χ3n) is 11.6. The fourth-order valence-corrected chi connectivity index (χ4v) is 10.5. The van der Waals surface area contributed by atoms with Gasteiger partial charge in [-0.25, -0.2) is 0 Å². The van der Waals surface area contributed by atoms with Gasteiger partial charge >= 0.3 is 0 Å². The van der Waals surface area contributed by atoms with Crippen molar-refractivity contribution < 1.29 is 0 Å². The van der Waals surface area contributed by atoms with Crippen LogP contribution in [0.5, 0.6) is 0 Å². The van der Waals surface area contributed by atoms with Gasteiger partial charge in [-0.05, 0) is 107 Å². The van der Waals surface area contributed by atoms with Crippen LogP contribution in [0.4, 0.5) is 0 Å². The summed E-state index contributed by atoms with van der Waals surface area (Å²) in [7, 11) is 0. The lowest BCUT2D eigenvalue weighted by Crippen LogP contribution is -2.16. The van der Waals surface area contributed by atoms with Gasteiger partial charge in [-0.2, -0.15) is 0 Å². The third-order valence-corrected chi connectivity index (χ3v) is 12.8. The SMILES string of the molecule is CC1(C)c2cc3ccccc3cc2-c2cccc(-c3cccc(-c4c5ccccc5c(-c5cccc6c5sc5ccccc56)c5ccccc45)c3)c21. The molecule has 0 aliphatic heterocycles. The van der Waals surface area contributed by atoms with E-state index >= 15 is 0 Å². The summed E-state index contributed by atoms with van der Waals surface area (Å²) < 4.78 is 2.68. The van der Waals surface area contributed by atoms with Gasteiger partial charge in [0.15, 0.2) is 0 Å². The maximum Gasteiger partial charge on any atom is 0.0434 e. The first-order chi connectivity index (χ1) is 25.6. The summed E-state index contributed by atoms with van der Waals surface area (Å²) in [6.07, 6.45) is 0. The van der Waals surface area contributed by atoms with Crippen molar-refractivity contribution in [1.82, 2.24) is 0 Å². The van der Waals surface area contributed by atoms with Crippen molar-refractivity contribution in [3.63, 3.8) is 0 Å². The normalized spacial score (nSPS) is 13.3. The molecule has 1 aliphatic rings. The van der Waals surface area contributed by atoms with Gasteiger partial charge in [-0.1, -0.05) is 159 Å². The first-order valence-electron chi connectivity index (χ1n) is 18.2. The van der Waals surface area contributed by atoms with Crippen molar-refractivity contribution in [2.75, 3.05) is 0 Å². The largest absolute Gasteiger partial charge is 0.135 e. The van der Waals surface area contributed by atoms with Gasteiger partial charge in [0.05, 0.1) is 0 Å². The molecule has 0 nitrogen and oxygen atoms in total. The first-order valence-corrected chi connectivity index (χ1v) is 19.0. The van der Waals surface area contributed by atoms with E-state index in [1.807, 2.05) is 11.3 Å². The maximum absolute atomic E-state index is 2.44. The number of fused-ring (bicyclic) bond motifs is 9. The summed E-state index contributed by atoms with van der Waals surface area (Å²) >= 11 is 1.91. The van der Waals surface area contributed by atoms with Crippen LogP contribution in [0.1, 0.15) is 25.0 Å². The molecule has 0 fully saturated rings. The fourth-order valence-electron chi connectivity index (χ4n) is 9.32. The lowest BCUT2D eigenvalue weighted by Gasteiger charge is -2.25. The maximum atomic E-state index is 2.44. The van der Waals surface area contributed by atoms with Crippen LogP contribution in [0.2, 0.25) is 0 Å². The highest BCUT2D eigenvalue weighted by atomic mass is 32.1. The summed E-state index contributed by atoms with van der Waals surface area (Å²) in [5.74, 6) is 0. The standard InChI is InChI=1S/C51H34S/c1-51(2)45-30-32-15-4-3-14-31(32)29-44(45)41-24-12-23-35(49(41)51)33-16-11-17-34(28-33)47-37-19-5-7-21-39(37)48(40-22-8-6-20-38(40)47)43-26-13-25-42-36-18-9-10-27-46(36)52-50(42)43/h3-30H,1-2H3. The van der Waals surface area contributed by atoms with E-state index < -0.39 is 0 Å². The second-order valence-electron chi connectivity index (χ2n) is 14.8. The zero-order valence-electron chi connectivity index (χ0n) is 29.1. The molecule has 0 bridgehead atoms. The summed E-state index contributed by atoms with van der Waals surface area (Å²) in [4.78, 5) is 0. The predicted octanol–water partition coefficient (Wildman–Crippen LogP) is 14.8. The Morgan fingerprint density at radius 3 is 1.67 bits per heavy atom. The molecule has 11 rings (SSSR count). The Labute approximate surface area is 307 Å². The van der Waals surface area contributed by atoms with Crippen molar-refractivity contribution in [2.24, 2.45) is 0 Å². The minimum atomic E-state index is -0.129. The topological polar surface area (TPSA) is 0 Å². The fraction of sp³-hybridized carbons (Fsp3) is 0.0588. The quantitative estimate of drug-likeness (QED) is 0.163. The van der Waals surface area contributed by atoms with Crippen molar-refractivity contribution >= 4 is 63.8 Å². The van der Waals surface area contributed by atoms with Gasteiger partial charge in [-0.3, -0.25) is 0 Å². The number of hydrogen-bond donors (Lipinski definition) is 0. The minimum Gasteiger partial charge on any atom is -0.135 e. The molecule has 0 saturated carbocycles. The van der Waals surface area contributed by atoms with E-state index in [1.54, 1.807) is 0 Å². The molecule has 52 heavy (non-hydrogen) atoms. The molecule has 1 heterocycles. The van der Waals surface area contributed by atoms with E-state index in [0.717, 1.165) is 0 Å². The number of benzene rings is 9. The Morgan fingerprint density at radius 2 is 0.923 bits per heavy atom. The second kappa shape index (κ2) is 11.0. The van der Waals surface area contributed by atoms with E-state index in [4.69, 9.17) is 0 Å². The first kappa shape index (κ1) is 29.7. The molecule has 0 saturated heterocycles. The lowest BCUT2D eigenvalue weighted by atomic mass is 9.78. The van der Waals surface area contributed by atoms with Gasteiger partial charge in [0, 0.05) is 31.2 Å². The van der Waals surface area contributed by atoms with Crippen molar-refractivity contribution in [1.29, 1.82) is 0 Å². The average molecular weight is 679 g/mol. The van der Waals surface area contributed by atoms with Gasteiger partial charge in [0.2, 0.25) is 0 Å². The molecular weight excluding hydrogens is 645 g/mol. The van der Waals surface area contributed by atoms with Crippen LogP contribution in [0.15, 0.2) is 170 Å². The van der Waals surface area contributed by atoms with Crippen LogP contribution in [0.25, 0.3) is 97.0 Å². The minimum absolute atomic E-state index is 0.129. The molecule has 0 unspecified atom stereocenters. The molecule has 1 aliphatic carbocycles. The van der Waals surface area contributed by atoms with Gasteiger partial charge in [0.25, 0.3) is 0 Å². The predicted molar refractivity (Wildman–Crippen MR) is 226 cm³/mol. The summed E-state index contributed by atoms with van der Waals surface area (Å²) in [5.41, 5.74) is 13.1. The van der Waals surface area contributed by atoms with Crippen LogP contribution in [-0.2, 0) is 5.41 Å². The third kappa shape index (κ3) is 4.15. The molecule has 1 heteroatoms. The number of thiophene rings is 1. The Kier molecular flexibility index (Phi) is 6.27. The highest BCUT2D eigenvalue weighted by Gasteiger charge is 2.38. The Morgan fingerprint density at radius 1 is 0.385 bits per heavy atom. The van der Waals surface area contributed by atoms with E-state index in [0.29, 0.717) is 0 Å². The zero-order chi connectivity index (χ0) is 34.6. The van der Waals surface area contributed by atoms with Crippen LogP contribution in [0.3, 0.4) is 0 Å². The highest BCUT2D eigenvalue weighted by molar-refractivity contribution is 7.26. The van der Waals surface area contributed by atoms with Crippen LogP contribution < -0.4 is 0 Å². The Balaban J connectivity index is 1.14. The smallest absolute Gasteiger partial charge is 0.0434 e.